The molecule has 6 aromatic heterocycles. The van der Waals surface area contributed by atoms with E-state index < -0.39 is 0 Å². The molecule has 0 spiro atoms. The number of rotatable bonds is 4. The van der Waals surface area contributed by atoms with Gasteiger partial charge in [-0.2, -0.15) is 0 Å². The Balaban J connectivity index is 0.000000161. The normalized spacial score (nSPS) is 11.0. The van der Waals surface area contributed by atoms with Gasteiger partial charge in [-0.3, -0.25) is 18.7 Å². The summed E-state index contributed by atoms with van der Waals surface area (Å²) in [4.78, 5) is 44.9. The van der Waals surface area contributed by atoms with Crippen LogP contribution in [0.3, 0.4) is 0 Å². The second-order valence-electron chi connectivity index (χ2n) is 10.7. The molecule has 9 nitrogen and oxygen atoms in total. The van der Waals surface area contributed by atoms with E-state index in [1.807, 2.05) is 30.3 Å². The van der Waals surface area contributed by atoms with E-state index in [2.05, 4.69) is 19.9 Å². The van der Waals surface area contributed by atoms with Crippen molar-refractivity contribution in [2.75, 3.05) is 0 Å². The van der Waals surface area contributed by atoms with Crippen LogP contribution in [0.2, 0.25) is 15.1 Å². The van der Waals surface area contributed by atoms with Crippen molar-refractivity contribution in [1.82, 2.24) is 29.1 Å². The molecule has 0 unspecified atom stereocenters. The van der Waals surface area contributed by atoms with Crippen LogP contribution in [0.25, 0.3) is 52.2 Å². The Hall–Kier alpha value is -5.17. The minimum atomic E-state index is -0.152. The molecule has 0 bridgehead atoms. The molecule has 0 aliphatic heterocycles. The minimum absolute atomic E-state index is 0. The molecule has 51 heavy (non-hydrogen) atoms. The Morgan fingerprint density at radius 3 is 1.61 bits per heavy atom. The van der Waals surface area contributed by atoms with E-state index in [9.17, 15) is 9.59 Å². The second-order valence-corrected chi connectivity index (χ2v) is 14.0. The molecule has 0 saturated carbocycles. The number of fused-ring (bicyclic) bond motifs is 6. The Labute approximate surface area is 312 Å². The predicted octanol–water partition coefficient (Wildman–Crippen LogP) is 10.4. The van der Waals surface area contributed by atoms with Gasteiger partial charge in [0.05, 0.1) is 32.7 Å². The van der Waals surface area contributed by atoms with Crippen LogP contribution in [0.1, 0.15) is 7.43 Å². The molecule has 0 fully saturated rings. The number of para-hydroxylation sites is 1. The van der Waals surface area contributed by atoms with E-state index in [0.29, 0.717) is 68.0 Å². The van der Waals surface area contributed by atoms with Crippen molar-refractivity contribution in [1.29, 1.82) is 0 Å². The summed E-state index contributed by atoms with van der Waals surface area (Å²) in [6.45, 7) is 0. The zero-order chi connectivity index (χ0) is 34.4. The predicted molar refractivity (Wildman–Crippen MR) is 209 cm³/mol. The average molecular weight is 770 g/mol. The van der Waals surface area contributed by atoms with Gasteiger partial charge in [-0.1, -0.05) is 60.4 Å². The fraction of sp³-hybridized carbons (Fsp3) is 0.0270. The monoisotopic (exact) mass is 768 g/mol. The van der Waals surface area contributed by atoms with Gasteiger partial charge in [0.2, 0.25) is 0 Å². The summed E-state index contributed by atoms with van der Waals surface area (Å²) in [5.74, 6) is 1.34. The highest BCUT2D eigenvalue weighted by Gasteiger charge is 2.18. The highest BCUT2D eigenvalue weighted by Crippen LogP contribution is 2.38. The third kappa shape index (κ3) is 6.46. The van der Waals surface area contributed by atoms with Crippen LogP contribution in [0, 0.1) is 0 Å². The van der Waals surface area contributed by atoms with Gasteiger partial charge < -0.3 is 4.74 Å². The van der Waals surface area contributed by atoms with Crippen molar-refractivity contribution in [3.63, 3.8) is 0 Å². The summed E-state index contributed by atoms with van der Waals surface area (Å²) in [5.41, 5.74) is 2.30. The molecular formula is C37H23Cl3N6O3S2. The van der Waals surface area contributed by atoms with Crippen molar-refractivity contribution in [2.45, 2.75) is 7.43 Å². The zero-order valence-corrected chi connectivity index (χ0v) is 29.2. The van der Waals surface area contributed by atoms with Crippen molar-refractivity contribution in [3.8, 4) is 22.9 Å². The maximum absolute atomic E-state index is 13.1. The number of ether oxygens (including phenoxy) is 1. The molecule has 0 aliphatic rings. The van der Waals surface area contributed by atoms with Gasteiger partial charge in [-0.05, 0) is 72.8 Å². The molecule has 0 amide bonds. The second kappa shape index (κ2) is 14.2. The van der Waals surface area contributed by atoms with E-state index in [0.717, 1.165) is 10.8 Å². The molecule has 3 aromatic carbocycles. The van der Waals surface area contributed by atoms with Crippen LogP contribution in [0.15, 0.2) is 126 Å². The first-order chi connectivity index (χ1) is 24.4. The Bertz CT molecular complexity index is 2820. The molecule has 9 aromatic rings. The number of benzene rings is 3. The largest absolute Gasteiger partial charge is 0.456 e. The molecule has 0 N–H and O–H groups in total. The smallest absolute Gasteiger partial charge is 0.275 e. The van der Waals surface area contributed by atoms with Crippen molar-refractivity contribution >= 4 is 98.3 Å². The van der Waals surface area contributed by atoms with Gasteiger partial charge in [-0.15, -0.1) is 22.7 Å². The van der Waals surface area contributed by atoms with Crippen LogP contribution in [-0.2, 0) is 0 Å². The van der Waals surface area contributed by atoms with E-state index in [4.69, 9.17) is 39.5 Å². The fourth-order valence-corrected chi connectivity index (χ4v) is 7.95. The summed E-state index contributed by atoms with van der Waals surface area (Å²) in [5, 5.41) is 3.24. The molecular weight excluding hydrogens is 747 g/mol. The lowest BCUT2D eigenvalue weighted by atomic mass is 10.2. The van der Waals surface area contributed by atoms with Crippen molar-refractivity contribution in [2.24, 2.45) is 0 Å². The number of hydrogen-bond acceptors (Lipinski definition) is 9. The van der Waals surface area contributed by atoms with Crippen LogP contribution >= 0.6 is 57.5 Å². The summed E-state index contributed by atoms with van der Waals surface area (Å²) in [6, 6.07) is 27.0. The Morgan fingerprint density at radius 2 is 1.06 bits per heavy atom. The average Bonchev–Trinajstić information content (AvgIpc) is 3.72. The first-order valence-electron chi connectivity index (χ1n) is 14.8. The number of thiophene rings is 2. The van der Waals surface area contributed by atoms with Crippen LogP contribution in [0.5, 0.6) is 11.5 Å². The van der Waals surface area contributed by atoms with E-state index in [1.165, 1.54) is 44.5 Å². The quantitative estimate of drug-likeness (QED) is 0.175. The van der Waals surface area contributed by atoms with Gasteiger partial charge >= 0.3 is 0 Å². The van der Waals surface area contributed by atoms with Gasteiger partial charge in [0, 0.05) is 22.4 Å². The van der Waals surface area contributed by atoms with Crippen molar-refractivity contribution in [3.05, 3.63) is 152 Å². The molecule has 0 saturated heterocycles. The van der Waals surface area contributed by atoms with Crippen LogP contribution < -0.4 is 15.9 Å². The summed E-state index contributed by atoms with van der Waals surface area (Å²) < 4.78 is 10.1. The number of hydrogen-bond donors (Lipinski definition) is 0. The van der Waals surface area contributed by atoms with E-state index in [1.54, 1.807) is 73.1 Å². The van der Waals surface area contributed by atoms with E-state index >= 15 is 0 Å². The number of pyridine rings is 2. The highest BCUT2D eigenvalue weighted by atomic mass is 35.5. The van der Waals surface area contributed by atoms with Gasteiger partial charge in [0.25, 0.3) is 11.1 Å². The third-order valence-electron chi connectivity index (χ3n) is 7.66. The number of nitrogens with zero attached hydrogens (tertiary/aromatic N) is 6. The molecule has 0 atom stereocenters. The van der Waals surface area contributed by atoms with Crippen molar-refractivity contribution < 1.29 is 4.74 Å². The third-order valence-corrected chi connectivity index (χ3v) is 10.6. The van der Waals surface area contributed by atoms with Gasteiger partial charge in [-0.25, -0.2) is 19.9 Å². The molecule has 0 aliphatic carbocycles. The maximum Gasteiger partial charge on any atom is 0.275 e. The lowest BCUT2D eigenvalue weighted by Crippen LogP contribution is -2.17. The first kappa shape index (κ1) is 34.3. The molecule has 6 heterocycles. The van der Waals surface area contributed by atoms with E-state index in [-0.39, 0.29) is 18.5 Å². The number of aromatic nitrogens is 6. The number of halogens is 3. The molecule has 9 rings (SSSR count). The Kier molecular flexibility index (Phi) is 9.56. The lowest BCUT2D eigenvalue weighted by molar-refractivity contribution is 0.488. The highest BCUT2D eigenvalue weighted by molar-refractivity contribution is 7.25. The SMILES string of the molecule is C.O=c1c2sc3nccc(Cl)c3c2ncn1-c1ccc(Cl)cc1.O=c1c2sc3nccc(Oc4ccccc4)c3c2ncn1-c1ccc(Cl)cc1. The lowest BCUT2D eigenvalue weighted by Gasteiger charge is -2.07. The molecule has 0 radical (unpaired) electrons. The summed E-state index contributed by atoms with van der Waals surface area (Å²) in [6.07, 6.45) is 6.33. The minimum Gasteiger partial charge on any atom is -0.456 e. The first-order valence-corrected chi connectivity index (χ1v) is 17.6. The van der Waals surface area contributed by atoms with Crippen LogP contribution in [0.4, 0.5) is 0 Å². The van der Waals surface area contributed by atoms with Gasteiger partial charge in [0.1, 0.15) is 48.7 Å². The zero-order valence-electron chi connectivity index (χ0n) is 25.3. The van der Waals surface area contributed by atoms with Gasteiger partial charge in [0.15, 0.2) is 0 Å². The summed E-state index contributed by atoms with van der Waals surface area (Å²) in [7, 11) is 0. The molecule has 14 heteroatoms. The standard InChI is InChI=1S/C21H12ClN3O2S.C15H7Cl2N3OS.CH4/c22-13-6-8-14(9-7-13)25-12-24-18-17-16(27-15-4-2-1-3-5-15)10-11-23-20(17)28-19(18)21(25)26;16-8-1-3-9(4-2-8)20-7-19-12-11-10(17)5-6-18-14(11)22-13(12)15(20)21;/h1-12H;1-7H;1H4. The molecule has 252 valence electrons. The maximum atomic E-state index is 13.1. The fourth-order valence-electron chi connectivity index (χ4n) is 5.31. The Morgan fingerprint density at radius 1 is 0.569 bits per heavy atom. The summed E-state index contributed by atoms with van der Waals surface area (Å²) >= 11 is 20.6. The van der Waals surface area contributed by atoms with Crippen LogP contribution in [-0.4, -0.2) is 29.1 Å². The topological polar surface area (TPSA) is 105 Å².